The first-order chi connectivity index (χ1) is 46.7. The van der Waals surface area contributed by atoms with Gasteiger partial charge in [-0.3, -0.25) is 27.6 Å². The summed E-state index contributed by atoms with van der Waals surface area (Å²) in [6, 6.07) is 33.6. The van der Waals surface area contributed by atoms with Crippen LogP contribution in [-0.2, 0) is 0 Å². The molecule has 12 aromatic rings. The van der Waals surface area contributed by atoms with Gasteiger partial charge in [0, 0.05) is 114 Å². The molecule has 0 saturated carbocycles. The van der Waals surface area contributed by atoms with Gasteiger partial charge in [-0.15, -0.1) is 0 Å². The fourth-order valence-corrected chi connectivity index (χ4v) is 10.2. The molecule has 494 valence electrons. The van der Waals surface area contributed by atoms with E-state index >= 15 is 0 Å². The Hall–Kier alpha value is -12.2. The minimum absolute atomic E-state index is 0. The van der Waals surface area contributed by atoms with Gasteiger partial charge >= 0.3 is 0 Å². The van der Waals surface area contributed by atoms with E-state index in [9.17, 15) is 14.4 Å². The lowest BCUT2D eigenvalue weighted by Crippen LogP contribution is -2.51. The third-order valence-electron chi connectivity index (χ3n) is 15.7. The first-order valence-electron chi connectivity index (χ1n) is 29.9. The maximum atomic E-state index is 12.9. The normalized spacial score (nSPS) is 13.4. The van der Waals surface area contributed by atoms with Gasteiger partial charge in [0.1, 0.15) is 39.0 Å². The fourth-order valence-electron chi connectivity index (χ4n) is 10.2. The van der Waals surface area contributed by atoms with E-state index in [0.717, 1.165) is 46.6 Å². The number of aliphatic hydroxyl groups excluding tert-OH is 1. The molecule has 12 heterocycles. The highest BCUT2D eigenvalue weighted by Crippen LogP contribution is 2.32. The van der Waals surface area contributed by atoms with Gasteiger partial charge in [0.15, 0.2) is 6.19 Å². The second-order valence-electron chi connectivity index (χ2n) is 22.1. The molecule has 3 saturated heterocycles. The van der Waals surface area contributed by atoms with Crippen molar-refractivity contribution < 1.29 is 38.3 Å². The van der Waals surface area contributed by atoms with E-state index in [1.54, 1.807) is 65.9 Å². The topological polar surface area (TPSA) is 401 Å². The maximum Gasteiger partial charge on any atom is 0.274 e. The molecule has 0 bridgehead atoms. The standard InChI is InChI=1S/C21H20N8O3.C21H17N7O2.C20H18N6O2.C2H6O.CBrN.CH4/c1-12-5-6-13(18-25-20(32-27-18)14-10-28(11-14)21(22)26-31)8-15(12)24-19(30)16-9-23-17-4-2-3-7-29(16)17;1-13-5-6-14(19-25-21(30-26-19)15-10-27(11-15)12-22)8-16(13)24-20(29)17-9-23-18-4-2-3-7-28(17)18;1-12-5-6-13(18-24-20(28-25-18)14-9-21-10-14)8-15(12)23-19(27)16-11-22-17-4-2-3-7-26(16)17;1-2-3;2-1-3;/h2-9,14,31H,10-11H2,1H3,(H2,22,26)(H,24,30);2-9,15H,10-11H2,1H3,(H,24,29);2-8,11,14,21H,9-10H2,1H3,(H,23,27);3H,2H2,1H3;;1H4. The van der Waals surface area contributed by atoms with E-state index in [-0.39, 0.29) is 55.5 Å². The van der Waals surface area contributed by atoms with Crippen molar-refractivity contribution in [2.75, 3.05) is 61.8 Å². The van der Waals surface area contributed by atoms with Crippen LogP contribution in [0.15, 0.2) is 165 Å². The molecular weight excluding hydrogens is 1310 g/mol. The average molecular weight is 1370 g/mol. The number of aliphatic hydroxyl groups is 1. The number of carbonyl (C=O) groups excluding carboxylic acids is 3. The number of fused-ring (bicyclic) bond motifs is 3. The molecule has 3 fully saturated rings. The van der Waals surface area contributed by atoms with Crippen LogP contribution in [0.3, 0.4) is 0 Å². The van der Waals surface area contributed by atoms with Crippen molar-refractivity contribution in [3.05, 3.63) is 198 Å². The summed E-state index contributed by atoms with van der Waals surface area (Å²) in [5.41, 5.74) is 16.1. The summed E-state index contributed by atoms with van der Waals surface area (Å²) >= 11 is 2.45. The predicted octanol–water partition coefficient (Wildman–Crippen LogP) is 9.00. The smallest absolute Gasteiger partial charge is 0.274 e. The Morgan fingerprint density at radius 3 is 1.26 bits per heavy atom. The van der Waals surface area contributed by atoms with Crippen molar-refractivity contribution in [1.82, 2.24) is 73.7 Å². The van der Waals surface area contributed by atoms with Gasteiger partial charge < -0.3 is 60.7 Å². The number of aryl methyl sites for hydroxylation is 3. The number of carbonyl (C=O) groups is 3. The molecule has 0 atom stereocenters. The molecule has 9 aromatic heterocycles. The largest absolute Gasteiger partial charge is 0.408 e. The van der Waals surface area contributed by atoms with Gasteiger partial charge in [-0.05, 0) is 99.0 Å². The van der Waals surface area contributed by atoms with Crippen LogP contribution >= 0.6 is 15.9 Å². The van der Waals surface area contributed by atoms with Gasteiger partial charge in [-0.25, -0.2) is 15.0 Å². The van der Waals surface area contributed by atoms with Gasteiger partial charge in [0.05, 0.1) is 36.3 Å². The molecule has 15 rings (SSSR count). The number of hydrogen-bond acceptors (Lipinski definition) is 22. The van der Waals surface area contributed by atoms with E-state index in [1.807, 2.05) is 136 Å². The summed E-state index contributed by atoms with van der Waals surface area (Å²) in [4.78, 5) is 69.7. The monoisotopic (exact) mass is 1370 g/mol. The van der Waals surface area contributed by atoms with E-state index in [4.69, 9.17) is 40.1 Å². The van der Waals surface area contributed by atoms with Crippen molar-refractivity contribution >= 4 is 73.6 Å². The zero-order chi connectivity index (χ0) is 67.4. The number of benzene rings is 3. The number of imidazole rings is 3. The van der Waals surface area contributed by atoms with Crippen LogP contribution in [0.2, 0.25) is 0 Å². The van der Waals surface area contributed by atoms with Crippen LogP contribution in [0.25, 0.3) is 51.1 Å². The Kier molecular flexibility index (Phi) is 21.4. The Bertz CT molecular complexity index is 4890. The molecule has 3 aromatic carbocycles. The Labute approximate surface area is 562 Å². The number of guanidine groups is 1. The number of amides is 3. The van der Waals surface area contributed by atoms with Crippen LogP contribution in [0.4, 0.5) is 17.1 Å². The molecule has 0 radical (unpaired) electrons. The van der Waals surface area contributed by atoms with Crippen LogP contribution in [0.5, 0.6) is 0 Å². The van der Waals surface area contributed by atoms with Gasteiger partial charge in [0.25, 0.3) is 17.7 Å². The Morgan fingerprint density at radius 2 is 0.938 bits per heavy atom. The number of halogens is 1. The number of rotatable bonds is 12. The van der Waals surface area contributed by atoms with Crippen molar-refractivity contribution in [3.63, 3.8) is 0 Å². The molecule has 3 amide bonds. The first kappa shape index (κ1) is 67.7. The molecule has 97 heavy (non-hydrogen) atoms. The number of anilines is 3. The van der Waals surface area contributed by atoms with Crippen molar-refractivity contribution in [2.45, 2.75) is 52.9 Å². The van der Waals surface area contributed by atoms with E-state index in [0.29, 0.717) is 112 Å². The highest BCUT2D eigenvalue weighted by Gasteiger charge is 2.35. The van der Waals surface area contributed by atoms with Gasteiger partial charge in [-0.2, -0.15) is 25.5 Å². The molecule has 0 aliphatic carbocycles. The second-order valence-corrected chi connectivity index (χ2v) is 22.4. The number of pyridine rings is 3. The summed E-state index contributed by atoms with van der Waals surface area (Å²) in [6.45, 7) is 11.7. The third kappa shape index (κ3) is 15.2. The second kappa shape index (κ2) is 30.7. The third-order valence-corrected chi connectivity index (χ3v) is 15.7. The quantitative estimate of drug-likeness (QED) is 0.0197. The van der Waals surface area contributed by atoms with Gasteiger partial charge in [0.2, 0.25) is 41.1 Å². The van der Waals surface area contributed by atoms with E-state index < -0.39 is 0 Å². The summed E-state index contributed by atoms with van der Waals surface area (Å²) in [7, 11) is 0. The lowest BCUT2D eigenvalue weighted by molar-refractivity contribution is 0.101. The molecule has 0 spiro atoms. The van der Waals surface area contributed by atoms with Crippen LogP contribution < -0.4 is 27.0 Å². The lowest BCUT2D eigenvalue weighted by atomic mass is 10.0. The zero-order valence-corrected chi connectivity index (χ0v) is 53.5. The molecule has 8 N–H and O–H groups in total. The molecular formula is C66H65BrN22O8. The number of oxime groups is 1. The summed E-state index contributed by atoms with van der Waals surface area (Å²) in [5.74, 6) is 2.72. The van der Waals surface area contributed by atoms with Gasteiger partial charge in [-0.1, -0.05) is 82.6 Å². The highest BCUT2D eigenvalue weighted by atomic mass is 79.9. The number of likely N-dealkylation sites (tertiary alicyclic amines) is 2. The van der Waals surface area contributed by atoms with Crippen molar-refractivity contribution in [3.8, 4) is 45.3 Å². The minimum atomic E-state index is -0.268. The minimum Gasteiger partial charge on any atom is -0.408 e. The van der Waals surface area contributed by atoms with E-state index in [1.165, 1.54) is 0 Å². The number of nitrogens with two attached hydrogens (primary N) is 1. The van der Waals surface area contributed by atoms with Crippen molar-refractivity contribution in [2.24, 2.45) is 10.9 Å². The maximum absolute atomic E-state index is 12.9. The Balaban J connectivity index is 0.000000151. The summed E-state index contributed by atoms with van der Waals surface area (Å²) in [6.07, 6.45) is 12.2. The van der Waals surface area contributed by atoms with Crippen LogP contribution in [0.1, 0.15) is 97.9 Å². The van der Waals surface area contributed by atoms with Crippen LogP contribution in [-0.4, -0.2) is 148 Å². The number of nitrogens with zero attached hydrogens (tertiary/aromatic N) is 17. The summed E-state index contributed by atoms with van der Waals surface area (Å²) < 4.78 is 21.4. The predicted molar refractivity (Wildman–Crippen MR) is 360 cm³/mol. The van der Waals surface area contributed by atoms with Crippen molar-refractivity contribution in [1.29, 1.82) is 10.5 Å². The lowest BCUT2D eigenvalue weighted by Gasteiger charge is -2.36. The molecule has 0 unspecified atom stereocenters. The molecule has 3 aliphatic heterocycles. The van der Waals surface area contributed by atoms with E-state index in [2.05, 4.69) is 93.9 Å². The number of hydrogen-bond donors (Lipinski definition) is 7. The van der Waals surface area contributed by atoms with Crippen LogP contribution in [0, 0.1) is 42.5 Å². The number of nitrogens with one attached hydrogen (secondary N) is 4. The highest BCUT2D eigenvalue weighted by molar-refractivity contribution is 9.12. The first-order valence-corrected chi connectivity index (χ1v) is 30.7. The SMILES string of the molecule is C.CCO.Cc1ccc(-c2noc(C3CN(/C(N)=N/O)C3)n2)cc1NC(=O)c1cnc2ccccn12.Cc1ccc(-c2noc(C3CN(C#N)C3)n2)cc1NC(=O)c1cnc2ccccn12.Cc1ccc(-c2noc(C3CNC3)n2)cc1NC(=O)c1cnc2ccccn12.N#CBr. The summed E-state index contributed by atoms with van der Waals surface area (Å²) in [5, 5.41) is 59.7. The molecule has 3 aliphatic rings. The Morgan fingerprint density at radius 1 is 0.598 bits per heavy atom. The average Bonchev–Trinajstić information content (AvgIpc) is 1.75. The molecule has 31 heteroatoms. The zero-order valence-electron chi connectivity index (χ0n) is 51.9. The fraction of sp³-hybridized carbons (Fsp3) is 0.227. The molecule has 30 nitrogen and oxygen atoms in total. The number of nitriles is 2. The number of aromatic nitrogens is 12.